The van der Waals surface area contributed by atoms with Crippen molar-refractivity contribution in [2.45, 2.75) is 31.7 Å². The molecule has 4 heteroatoms. The third-order valence-corrected chi connectivity index (χ3v) is 3.25. The van der Waals surface area contributed by atoms with Gasteiger partial charge in [0.15, 0.2) is 0 Å². The Morgan fingerprint density at radius 2 is 2.31 bits per heavy atom. The Hall–Kier alpha value is -1.09. The molecule has 0 saturated carbocycles. The first-order valence-electron chi connectivity index (χ1n) is 5.24. The van der Waals surface area contributed by atoms with Crippen molar-refractivity contribution in [2.24, 2.45) is 0 Å². The van der Waals surface area contributed by atoms with Gasteiger partial charge in [0.2, 0.25) is 5.91 Å². The summed E-state index contributed by atoms with van der Waals surface area (Å²) in [5.74, 6) is -0.350. The molecule has 2 nitrogen and oxygen atoms in total. The van der Waals surface area contributed by atoms with E-state index in [-0.39, 0.29) is 22.3 Å². The molecule has 1 unspecified atom stereocenters. The highest BCUT2D eigenvalue weighted by Gasteiger charge is 2.33. The van der Waals surface area contributed by atoms with Gasteiger partial charge in [-0.15, -0.1) is 0 Å². The Balaban J connectivity index is 2.21. The van der Waals surface area contributed by atoms with Crippen LogP contribution in [0.4, 0.5) is 4.39 Å². The molecular weight excluding hydrogens is 229 g/mol. The van der Waals surface area contributed by atoms with Gasteiger partial charge in [-0.25, -0.2) is 4.39 Å². The number of rotatable bonds is 2. The number of hydrogen-bond acceptors (Lipinski definition) is 1. The molecule has 0 radical (unpaired) electrons. The maximum Gasteiger partial charge on any atom is 0.220 e. The Bertz CT molecular complexity index is 435. The molecule has 1 aliphatic rings. The Kier molecular flexibility index (Phi) is 2.89. The lowest BCUT2D eigenvalue weighted by atomic mass is 9.91. The highest BCUT2D eigenvalue weighted by Crippen LogP contribution is 2.27. The number of carbonyl (C=O) groups excluding carboxylic acids is 1. The first-order chi connectivity index (χ1) is 7.50. The minimum Gasteiger partial charge on any atom is -0.351 e. The van der Waals surface area contributed by atoms with Crippen molar-refractivity contribution in [1.82, 2.24) is 5.32 Å². The van der Waals surface area contributed by atoms with Gasteiger partial charge in [-0.2, -0.15) is 0 Å². The summed E-state index contributed by atoms with van der Waals surface area (Å²) in [5.41, 5.74) is 0.208. The van der Waals surface area contributed by atoms with Crippen molar-refractivity contribution in [1.29, 1.82) is 0 Å². The number of amides is 1. The summed E-state index contributed by atoms with van der Waals surface area (Å²) in [6, 6.07) is 4.95. The summed E-state index contributed by atoms with van der Waals surface area (Å²) in [5, 5.41) is 3.01. The molecule has 1 aliphatic heterocycles. The van der Waals surface area contributed by atoms with Crippen molar-refractivity contribution in [3.63, 3.8) is 0 Å². The molecule has 0 spiro atoms. The van der Waals surface area contributed by atoms with Crippen molar-refractivity contribution in [2.75, 3.05) is 0 Å². The normalized spacial score (nSPS) is 24.6. The number of hydrogen-bond donors (Lipinski definition) is 1. The quantitative estimate of drug-likeness (QED) is 0.848. The van der Waals surface area contributed by atoms with E-state index in [1.54, 1.807) is 12.1 Å². The highest BCUT2D eigenvalue weighted by atomic mass is 35.5. The van der Waals surface area contributed by atoms with Gasteiger partial charge in [0, 0.05) is 12.0 Å². The molecule has 0 aliphatic carbocycles. The highest BCUT2D eigenvalue weighted by molar-refractivity contribution is 6.30. The predicted octanol–water partition coefficient (Wildman–Crippen LogP) is 2.69. The first-order valence-corrected chi connectivity index (χ1v) is 5.62. The van der Waals surface area contributed by atoms with Gasteiger partial charge in [0.1, 0.15) is 5.82 Å². The second-order valence-corrected chi connectivity index (χ2v) is 4.91. The van der Waals surface area contributed by atoms with Crippen molar-refractivity contribution in [3.8, 4) is 0 Å². The van der Waals surface area contributed by atoms with Crippen LogP contribution in [0.1, 0.15) is 25.3 Å². The molecule has 1 heterocycles. The van der Waals surface area contributed by atoms with Gasteiger partial charge < -0.3 is 5.32 Å². The molecular formula is C12H13ClFNO. The van der Waals surface area contributed by atoms with Crippen LogP contribution in [-0.4, -0.2) is 11.4 Å². The van der Waals surface area contributed by atoms with Crippen LogP contribution in [0, 0.1) is 5.82 Å². The third kappa shape index (κ3) is 2.19. The average Bonchev–Trinajstić information content (AvgIpc) is 2.54. The van der Waals surface area contributed by atoms with Gasteiger partial charge >= 0.3 is 0 Å². The van der Waals surface area contributed by atoms with Crippen LogP contribution in [0.5, 0.6) is 0 Å². The number of halogens is 2. The van der Waals surface area contributed by atoms with E-state index in [1.807, 2.05) is 6.92 Å². The number of carbonyl (C=O) groups is 1. The molecule has 1 N–H and O–H groups in total. The predicted molar refractivity (Wildman–Crippen MR) is 60.9 cm³/mol. The summed E-state index contributed by atoms with van der Waals surface area (Å²) in [4.78, 5) is 11.2. The van der Waals surface area contributed by atoms with Crippen LogP contribution >= 0.6 is 11.6 Å². The lowest BCUT2D eigenvalue weighted by Gasteiger charge is -2.24. The number of benzene rings is 1. The molecule has 16 heavy (non-hydrogen) atoms. The molecule has 0 bridgehead atoms. The van der Waals surface area contributed by atoms with E-state index < -0.39 is 0 Å². The molecule has 0 aromatic heterocycles. The largest absolute Gasteiger partial charge is 0.351 e. The van der Waals surface area contributed by atoms with Crippen LogP contribution in [0.3, 0.4) is 0 Å². The first kappa shape index (κ1) is 11.4. The summed E-state index contributed by atoms with van der Waals surface area (Å²) in [6.45, 7) is 1.93. The SMILES string of the molecule is CC1(Cc2cccc(Cl)c2F)CCC(=O)N1. The Labute approximate surface area is 98.8 Å². The standard InChI is InChI=1S/C12H13ClFNO/c1-12(6-5-10(16)15-12)7-8-3-2-4-9(13)11(8)14/h2-4H,5-7H2,1H3,(H,15,16). The van der Waals surface area contributed by atoms with E-state index in [1.165, 1.54) is 6.07 Å². The summed E-state index contributed by atoms with van der Waals surface area (Å²) in [6.07, 6.45) is 1.72. The monoisotopic (exact) mass is 241 g/mol. The van der Waals surface area contributed by atoms with Crippen LogP contribution in [0.2, 0.25) is 5.02 Å². The van der Waals surface area contributed by atoms with Crippen molar-refractivity contribution >= 4 is 17.5 Å². The van der Waals surface area contributed by atoms with Crippen molar-refractivity contribution < 1.29 is 9.18 Å². The average molecular weight is 242 g/mol. The van der Waals surface area contributed by atoms with Crippen molar-refractivity contribution in [3.05, 3.63) is 34.6 Å². The topological polar surface area (TPSA) is 29.1 Å². The van der Waals surface area contributed by atoms with E-state index in [2.05, 4.69) is 5.32 Å². The van der Waals surface area contributed by atoms with Gasteiger partial charge in [-0.3, -0.25) is 4.79 Å². The maximum atomic E-state index is 13.7. The van der Waals surface area contributed by atoms with Gasteiger partial charge in [-0.1, -0.05) is 23.7 Å². The molecule has 1 amide bonds. The zero-order valence-electron chi connectivity index (χ0n) is 9.02. The zero-order valence-corrected chi connectivity index (χ0v) is 9.77. The summed E-state index contributed by atoms with van der Waals surface area (Å²) in [7, 11) is 0. The fraction of sp³-hybridized carbons (Fsp3) is 0.417. The van der Waals surface area contributed by atoms with Crippen LogP contribution < -0.4 is 5.32 Å². The fourth-order valence-electron chi connectivity index (χ4n) is 2.09. The smallest absolute Gasteiger partial charge is 0.220 e. The maximum absolute atomic E-state index is 13.7. The minimum absolute atomic E-state index is 0.0323. The third-order valence-electron chi connectivity index (χ3n) is 2.96. The zero-order chi connectivity index (χ0) is 11.8. The van der Waals surface area contributed by atoms with Gasteiger partial charge in [0.05, 0.1) is 5.02 Å². The molecule has 1 aromatic rings. The van der Waals surface area contributed by atoms with Gasteiger partial charge in [-0.05, 0) is 31.4 Å². The lowest BCUT2D eigenvalue weighted by Crippen LogP contribution is -2.40. The van der Waals surface area contributed by atoms with E-state index in [4.69, 9.17) is 11.6 Å². The molecule has 1 fully saturated rings. The molecule has 1 saturated heterocycles. The minimum atomic E-state index is -0.383. The fourth-order valence-corrected chi connectivity index (χ4v) is 2.28. The number of nitrogens with one attached hydrogen (secondary N) is 1. The molecule has 86 valence electrons. The summed E-state index contributed by atoms with van der Waals surface area (Å²) < 4.78 is 13.7. The molecule has 1 atom stereocenters. The molecule has 1 aromatic carbocycles. The van der Waals surface area contributed by atoms with Crippen LogP contribution in [0.15, 0.2) is 18.2 Å². The van der Waals surface area contributed by atoms with E-state index in [0.29, 0.717) is 18.4 Å². The van der Waals surface area contributed by atoms with E-state index in [0.717, 1.165) is 6.42 Å². The van der Waals surface area contributed by atoms with Crippen LogP contribution in [-0.2, 0) is 11.2 Å². The Morgan fingerprint density at radius 3 is 2.94 bits per heavy atom. The van der Waals surface area contributed by atoms with E-state index in [9.17, 15) is 9.18 Å². The second kappa shape index (κ2) is 4.06. The summed E-state index contributed by atoms with van der Waals surface area (Å²) >= 11 is 5.71. The lowest BCUT2D eigenvalue weighted by molar-refractivity contribution is -0.119. The molecule has 2 rings (SSSR count). The Morgan fingerprint density at radius 1 is 1.56 bits per heavy atom. The second-order valence-electron chi connectivity index (χ2n) is 4.50. The van der Waals surface area contributed by atoms with E-state index >= 15 is 0 Å². The van der Waals surface area contributed by atoms with Gasteiger partial charge in [0.25, 0.3) is 0 Å². The van der Waals surface area contributed by atoms with Crippen LogP contribution in [0.25, 0.3) is 0 Å².